The van der Waals surface area contributed by atoms with Crippen LogP contribution in [0.15, 0.2) is 24.3 Å². The van der Waals surface area contributed by atoms with Crippen LogP contribution in [-0.2, 0) is 15.9 Å². The minimum atomic E-state index is 0.148. The average Bonchev–Trinajstić information content (AvgIpc) is 2.89. The lowest BCUT2D eigenvalue weighted by atomic mass is 9.90. The van der Waals surface area contributed by atoms with Gasteiger partial charge in [0.15, 0.2) is 0 Å². The van der Waals surface area contributed by atoms with E-state index in [1.807, 2.05) is 18.2 Å². The third kappa shape index (κ3) is 3.15. The van der Waals surface area contributed by atoms with Crippen molar-refractivity contribution in [1.29, 1.82) is 0 Å². The van der Waals surface area contributed by atoms with E-state index in [2.05, 4.69) is 6.07 Å². The van der Waals surface area contributed by atoms with Crippen molar-refractivity contribution in [2.45, 2.75) is 56.7 Å². The molecule has 3 heteroatoms. The Morgan fingerprint density at radius 2 is 2.05 bits per heavy atom. The Hall–Kier alpha value is -1.06. The normalized spacial score (nSPS) is 25.1. The molecule has 1 aromatic rings. The quantitative estimate of drug-likeness (QED) is 0.857. The smallest absolute Gasteiger partial charge is 0.0707 e. The zero-order valence-electron chi connectivity index (χ0n) is 12.1. The van der Waals surface area contributed by atoms with E-state index >= 15 is 0 Å². The first-order chi connectivity index (χ1) is 9.77. The molecule has 1 saturated heterocycles. The number of ether oxygens (including phenoxy) is 2. The fraction of sp³-hybridized carbons (Fsp3) is 0.647. The number of para-hydroxylation sites is 1. The zero-order chi connectivity index (χ0) is 13.8. The van der Waals surface area contributed by atoms with Gasteiger partial charge in [-0.15, -0.1) is 0 Å². The molecule has 20 heavy (non-hydrogen) atoms. The molecule has 110 valence electrons. The first-order valence-corrected chi connectivity index (χ1v) is 7.86. The van der Waals surface area contributed by atoms with E-state index in [1.54, 1.807) is 0 Å². The van der Waals surface area contributed by atoms with E-state index < -0.39 is 0 Å². The zero-order valence-corrected chi connectivity index (χ0v) is 12.1. The Morgan fingerprint density at radius 1 is 1.25 bits per heavy atom. The molecule has 1 unspecified atom stereocenters. The maximum absolute atomic E-state index is 6.09. The lowest BCUT2D eigenvalue weighted by molar-refractivity contribution is -0.130. The number of hydrogen-bond acceptors (Lipinski definition) is 3. The second kappa shape index (κ2) is 6.15. The predicted molar refractivity (Wildman–Crippen MR) is 80.7 cm³/mol. The van der Waals surface area contributed by atoms with E-state index in [0.29, 0.717) is 6.10 Å². The van der Waals surface area contributed by atoms with Gasteiger partial charge in [-0.05, 0) is 37.3 Å². The van der Waals surface area contributed by atoms with Crippen molar-refractivity contribution in [3.8, 4) is 0 Å². The lowest BCUT2D eigenvalue weighted by Crippen LogP contribution is -2.40. The highest BCUT2D eigenvalue weighted by Crippen LogP contribution is 2.40. The van der Waals surface area contributed by atoms with Crippen LogP contribution >= 0.6 is 0 Å². The van der Waals surface area contributed by atoms with Crippen LogP contribution < -0.4 is 5.73 Å². The van der Waals surface area contributed by atoms with Gasteiger partial charge in [-0.1, -0.05) is 31.0 Å². The van der Waals surface area contributed by atoms with Gasteiger partial charge in [-0.25, -0.2) is 0 Å². The third-order valence-corrected chi connectivity index (χ3v) is 4.74. The number of anilines is 1. The van der Waals surface area contributed by atoms with Gasteiger partial charge in [0.2, 0.25) is 0 Å². The summed E-state index contributed by atoms with van der Waals surface area (Å²) in [4.78, 5) is 0. The third-order valence-electron chi connectivity index (χ3n) is 4.74. The van der Waals surface area contributed by atoms with Crippen molar-refractivity contribution in [2.75, 3.05) is 18.9 Å². The molecule has 1 aromatic carbocycles. The van der Waals surface area contributed by atoms with Crippen molar-refractivity contribution < 1.29 is 9.47 Å². The van der Waals surface area contributed by atoms with E-state index in [9.17, 15) is 0 Å². The molecule has 1 spiro atoms. The first kappa shape index (κ1) is 13.9. The molecular formula is C17H25NO2. The van der Waals surface area contributed by atoms with Crippen molar-refractivity contribution in [2.24, 2.45) is 0 Å². The average molecular weight is 275 g/mol. The number of hydrogen-bond donors (Lipinski definition) is 1. The molecular weight excluding hydrogens is 250 g/mol. The summed E-state index contributed by atoms with van der Waals surface area (Å²) in [6, 6.07) is 8.05. The molecule has 2 N–H and O–H groups in total. The van der Waals surface area contributed by atoms with Gasteiger partial charge in [0.05, 0.1) is 18.3 Å². The molecule has 3 nitrogen and oxygen atoms in total. The maximum atomic E-state index is 6.09. The summed E-state index contributed by atoms with van der Waals surface area (Å²) in [5, 5.41) is 0. The predicted octanol–water partition coefficient (Wildman–Crippen LogP) is 3.32. The molecule has 1 aliphatic heterocycles. The Labute approximate surface area is 121 Å². The Morgan fingerprint density at radius 3 is 2.85 bits per heavy atom. The summed E-state index contributed by atoms with van der Waals surface area (Å²) in [6.07, 6.45) is 8.45. The van der Waals surface area contributed by atoms with Gasteiger partial charge in [0, 0.05) is 18.7 Å². The fourth-order valence-electron chi connectivity index (χ4n) is 3.59. The van der Waals surface area contributed by atoms with E-state index in [4.69, 9.17) is 15.2 Å². The molecule has 0 amide bonds. The summed E-state index contributed by atoms with van der Waals surface area (Å²) in [6.45, 7) is 1.62. The van der Waals surface area contributed by atoms with Crippen molar-refractivity contribution in [3.63, 3.8) is 0 Å². The second-order valence-electron chi connectivity index (χ2n) is 6.17. The van der Waals surface area contributed by atoms with Gasteiger partial charge >= 0.3 is 0 Å². The molecule has 1 atom stereocenters. The molecule has 1 saturated carbocycles. The minimum Gasteiger partial charge on any atom is -0.399 e. The van der Waals surface area contributed by atoms with Crippen LogP contribution in [0.4, 0.5) is 5.69 Å². The largest absolute Gasteiger partial charge is 0.399 e. The summed E-state index contributed by atoms with van der Waals surface area (Å²) >= 11 is 0. The van der Waals surface area contributed by atoms with Crippen LogP contribution in [0.3, 0.4) is 0 Å². The highest BCUT2D eigenvalue weighted by Gasteiger charge is 2.40. The molecule has 0 bridgehead atoms. The van der Waals surface area contributed by atoms with Gasteiger partial charge in [-0.3, -0.25) is 0 Å². The van der Waals surface area contributed by atoms with Crippen molar-refractivity contribution >= 4 is 5.69 Å². The molecule has 1 heterocycles. The van der Waals surface area contributed by atoms with E-state index in [0.717, 1.165) is 38.2 Å². The van der Waals surface area contributed by atoms with E-state index in [-0.39, 0.29) is 5.60 Å². The highest BCUT2D eigenvalue weighted by molar-refractivity contribution is 5.46. The fourth-order valence-corrected chi connectivity index (χ4v) is 3.59. The maximum Gasteiger partial charge on any atom is 0.0707 e. The van der Waals surface area contributed by atoms with Crippen molar-refractivity contribution in [3.05, 3.63) is 29.8 Å². The topological polar surface area (TPSA) is 44.5 Å². The first-order valence-electron chi connectivity index (χ1n) is 7.86. The SMILES string of the molecule is Nc1ccccc1CCOC1CCOC2(CCCC2)C1. The van der Waals surface area contributed by atoms with Gasteiger partial charge < -0.3 is 15.2 Å². The molecule has 0 radical (unpaired) electrons. The Bertz CT molecular complexity index is 440. The summed E-state index contributed by atoms with van der Waals surface area (Å²) in [5.74, 6) is 0. The van der Waals surface area contributed by atoms with Crippen LogP contribution in [0.2, 0.25) is 0 Å². The number of nitrogens with two attached hydrogens (primary N) is 1. The lowest BCUT2D eigenvalue weighted by Gasteiger charge is -2.38. The van der Waals surface area contributed by atoms with Gasteiger partial charge in [0.1, 0.15) is 0 Å². The highest BCUT2D eigenvalue weighted by atomic mass is 16.5. The van der Waals surface area contributed by atoms with Gasteiger partial charge in [-0.2, -0.15) is 0 Å². The van der Waals surface area contributed by atoms with Crippen LogP contribution in [0, 0.1) is 0 Å². The molecule has 1 aliphatic carbocycles. The number of benzene rings is 1. The Kier molecular flexibility index (Phi) is 4.27. The van der Waals surface area contributed by atoms with Crippen LogP contribution in [0.25, 0.3) is 0 Å². The number of rotatable bonds is 4. The molecule has 2 aliphatic rings. The van der Waals surface area contributed by atoms with Gasteiger partial charge in [0.25, 0.3) is 0 Å². The summed E-state index contributed by atoms with van der Waals surface area (Å²) < 4.78 is 12.1. The van der Waals surface area contributed by atoms with Crippen molar-refractivity contribution in [1.82, 2.24) is 0 Å². The second-order valence-corrected chi connectivity index (χ2v) is 6.17. The minimum absolute atomic E-state index is 0.148. The Balaban J connectivity index is 1.48. The van der Waals surface area contributed by atoms with Crippen LogP contribution in [-0.4, -0.2) is 24.9 Å². The molecule has 3 rings (SSSR count). The summed E-state index contributed by atoms with van der Waals surface area (Å²) in [5.41, 5.74) is 8.17. The monoisotopic (exact) mass is 275 g/mol. The molecule has 0 aromatic heterocycles. The molecule has 2 fully saturated rings. The summed E-state index contributed by atoms with van der Waals surface area (Å²) in [7, 11) is 0. The van der Waals surface area contributed by atoms with E-state index in [1.165, 1.54) is 31.2 Å². The van der Waals surface area contributed by atoms with Crippen LogP contribution in [0.1, 0.15) is 44.1 Å². The standard InChI is InChI=1S/C17H25NO2/c18-16-6-2-1-5-14(16)7-11-19-15-8-12-20-17(13-15)9-3-4-10-17/h1-2,5-6,15H,3-4,7-13,18H2. The number of nitrogen functional groups attached to an aromatic ring is 1. The van der Waals surface area contributed by atoms with Crippen LogP contribution in [0.5, 0.6) is 0 Å².